The van der Waals surface area contributed by atoms with E-state index in [2.05, 4.69) is 25.2 Å². The van der Waals surface area contributed by atoms with Crippen molar-refractivity contribution in [3.8, 4) is 0 Å². The van der Waals surface area contributed by atoms with Gasteiger partial charge >= 0.3 is 0 Å². The number of allylic oxidation sites excluding steroid dienone is 4. The van der Waals surface area contributed by atoms with Gasteiger partial charge in [-0.15, -0.1) is 0 Å². The number of hydrogen-bond acceptors (Lipinski definition) is 1. The van der Waals surface area contributed by atoms with E-state index in [1.54, 1.807) is 19.1 Å². The third kappa shape index (κ3) is 6.59. The number of hydrogen-bond donors (Lipinski definition) is 0. The number of ether oxygens (including phenoxy) is 1. The maximum absolute atomic E-state index is 14.4. The van der Waals surface area contributed by atoms with Crippen LogP contribution in [-0.4, -0.2) is 12.7 Å². The largest absolute Gasteiger partial charge is 0.378 e. The third-order valence-electron chi connectivity index (χ3n) is 8.92. The molecule has 3 atom stereocenters. The molecule has 2 fully saturated rings. The van der Waals surface area contributed by atoms with Crippen molar-refractivity contribution in [2.24, 2.45) is 23.7 Å². The Morgan fingerprint density at radius 2 is 1.65 bits per heavy atom. The molecule has 1 saturated carbocycles. The van der Waals surface area contributed by atoms with Gasteiger partial charge in [0.1, 0.15) is 0 Å². The molecular formula is C31H44F2O. The molecule has 34 heavy (non-hydrogen) atoms. The van der Waals surface area contributed by atoms with Gasteiger partial charge in [0.15, 0.2) is 11.6 Å². The zero-order valence-electron chi connectivity index (χ0n) is 21.3. The molecule has 0 aromatic heterocycles. The van der Waals surface area contributed by atoms with Crippen LogP contribution in [0.15, 0.2) is 30.4 Å². The summed E-state index contributed by atoms with van der Waals surface area (Å²) in [6, 6.07) is 3.43. The van der Waals surface area contributed by atoms with Crippen LogP contribution < -0.4 is 0 Å². The molecule has 1 aliphatic heterocycles. The number of rotatable bonds is 8. The lowest BCUT2D eigenvalue weighted by Crippen LogP contribution is -2.34. The second-order valence-corrected chi connectivity index (χ2v) is 11.2. The van der Waals surface area contributed by atoms with Gasteiger partial charge < -0.3 is 4.74 Å². The van der Waals surface area contributed by atoms with E-state index in [1.165, 1.54) is 64.2 Å². The SMILES string of the molecule is C/C=C/CCC1CCC(C2CCC(CCC3CC=C(c4ccc(C)c(F)c4F)CC3)CO2)CC1. The van der Waals surface area contributed by atoms with Crippen molar-refractivity contribution in [3.05, 3.63) is 53.1 Å². The summed E-state index contributed by atoms with van der Waals surface area (Å²) in [5, 5.41) is 0. The Kier molecular flexibility index (Phi) is 9.39. The van der Waals surface area contributed by atoms with Crippen molar-refractivity contribution < 1.29 is 13.5 Å². The highest BCUT2D eigenvalue weighted by molar-refractivity contribution is 5.67. The van der Waals surface area contributed by atoms with Crippen LogP contribution in [0.2, 0.25) is 0 Å². The highest BCUT2D eigenvalue weighted by Crippen LogP contribution is 2.39. The smallest absolute Gasteiger partial charge is 0.166 e. The summed E-state index contributed by atoms with van der Waals surface area (Å²) in [6.45, 7) is 4.67. The van der Waals surface area contributed by atoms with Gasteiger partial charge in [-0.25, -0.2) is 8.78 Å². The highest BCUT2D eigenvalue weighted by atomic mass is 19.2. The first kappa shape index (κ1) is 25.6. The fourth-order valence-electron chi connectivity index (χ4n) is 6.53. The quantitative estimate of drug-likeness (QED) is 0.344. The summed E-state index contributed by atoms with van der Waals surface area (Å²) < 4.78 is 34.7. The van der Waals surface area contributed by atoms with E-state index in [1.807, 2.05) is 0 Å². The van der Waals surface area contributed by atoms with Crippen LogP contribution >= 0.6 is 0 Å². The summed E-state index contributed by atoms with van der Waals surface area (Å²) in [4.78, 5) is 0. The lowest BCUT2D eigenvalue weighted by Gasteiger charge is -2.38. The molecule has 2 aliphatic carbocycles. The molecule has 3 unspecified atom stereocenters. The molecule has 0 amide bonds. The van der Waals surface area contributed by atoms with Crippen molar-refractivity contribution in [1.82, 2.24) is 0 Å². The third-order valence-corrected chi connectivity index (χ3v) is 8.92. The lowest BCUT2D eigenvalue weighted by molar-refractivity contribution is -0.0604. The molecule has 0 N–H and O–H groups in total. The molecule has 1 saturated heterocycles. The Bertz CT molecular complexity index is 841. The summed E-state index contributed by atoms with van der Waals surface area (Å²) in [5.74, 6) is 1.69. The minimum Gasteiger partial charge on any atom is -0.378 e. The van der Waals surface area contributed by atoms with Crippen LogP contribution in [0.25, 0.3) is 5.57 Å². The average molecular weight is 471 g/mol. The minimum atomic E-state index is -0.700. The highest BCUT2D eigenvalue weighted by Gasteiger charge is 2.31. The monoisotopic (exact) mass is 470 g/mol. The maximum atomic E-state index is 14.4. The van der Waals surface area contributed by atoms with Crippen molar-refractivity contribution in [2.45, 2.75) is 103 Å². The second-order valence-electron chi connectivity index (χ2n) is 11.2. The predicted molar refractivity (Wildman–Crippen MR) is 138 cm³/mol. The molecule has 0 radical (unpaired) electrons. The van der Waals surface area contributed by atoms with Gasteiger partial charge in [-0.05, 0) is 119 Å². The normalized spacial score (nSPS) is 30.5. The fraction of sp³-hybridized carbons (Fsp3) is 0.677. The van der Waals surface area contributed by atoms with Gasteiger partial charge in [0.25, 0.3) is 0 Å². The fourth-order valence-corrected chi connectivity index (χ4v) is 6.53. The Labute approximate surface area is 206 Å². The van der Waals surface area contributed by atoms with E-state index >= 15 is 0 Å². The molecule has 1 heterocycles. The molecule has 0 bridgehead atoms. The lowest BCUT2D eigenvalue weighted by atomic mass is 9.75. The first-order valence-electron chi connectivity index (χ1n) is 13.9. The van der Waals surface area contributed by atoms with Gasteiger partial charge in [0.2, 0.25) is 0 Å². The standard InChI is InChI=1S/C31H44F2O/c1-3-4-5-6-23-12-17-27(18-13-23)29-20-14-25(21-34-29)9-8-24-10-15-26(16-11-24)28-19-7-22(2)30(32)31(28)33/h3-4,7,15,19,23-25,27,29H,5-6,8-14,16-18,20-21H2,1-2H3/b4-3+. The Morgan fingerprint density at radius 1 is 0.882 bits per heavy atom. The summed E-state index contributed by atoms with van der Waals surface area (Å²) in [7, 11) is 0. The molecular weight excluding hydrogens is 426 g/mol. The Morgan fingerprint density at radius 3 is 2.32 bits per heavy atom. The molecule has 1 aromatic carbocycles. The Hall–Kier alpha value is -1.48. The van der Waals surface area contributed by atoms with Gasteiger partial charge in [0, 0.05) is 12.2 Å². The zero-order chi connectivity index (χ0) is 23.9. The minimum absolute atomic E-state index is 0.375. The molecule has 0 spiro atoms. The van der Waals surface area contributed by atoms with Crippen LogP contribution in [0.4, 0.5) is 8.78 Å². The molecule has 3 aliphatic rings. The van der Waals surface area contributed by atoms with E-state index in [9.17, 15) is 8.78 Å². The first-order valence-corrected chi connectivity index (χ1v) is 13.9. The predicted octanol–water partition coefficient (Wildman–Crippen LogP) is 9.19. The maximum Gasteiger partial charge on any atom is 0.166 e. The van der Waals surface area contributed by atoms with Crippen LogP contribution in [0, 0.1) is 42.2 Å². The molecule has 3 heteroatoms. The van der Waals surface area contributed by atoms with E-state index in [4.69, 9.17) is 4.74 Å². The van der Waals surface area contributed by atoms with Gasteiger partial charge in [-0.2, -0.15) is 0 Å². The molecule has 1 aromatic rings. The van der Waals surface area contributed by atoms with E-state index in [-0.39, 0.29) is 0 Å². The van der Waals surface area contributed by atoms with E-state index < -0.39 is 11.6 Å². The van der Waals surface area contributed by atoms with E-state index in [0.29, 0.717) is 29.1 Å². The molecule has 1 nitrogen and oxygen atoms in total. The van der Waals surface area contributed by atoms with Crippen LogP contribution in [0.1, 0.15) is 102 Å². The van der Waals surface area contributed by atoms with Crippen LogP contribution in [0.5, 0.6) is 0 Å². The van der Waals surface area contributed by atoms with Crippen molar-refractivity contribution in [2.75, 3.05) is 6.61 Å². The number of halogens is 2. The van der Waals surface area contributed by atoms with Gasteiger partial charge in [0.05, 0.1) is 6.10 Å². The number of aryl methyl sites for hydroxylation is 1. The summed E-state index contributed by atoms with van der Waals surface area (Å²) >= 11 is 0. The van der Waals surface area contributed by atoms with E-state index in [0.717, 1.165) is 43.3 Å². The second kappa shape index (κ2) is 12.5. The summed E-state index contributed by atoms with van der Waals surface area (Å²) in [5.41, 5.74) is 1.81. The average Bonchev–Trinajstić information content (AvgIpc) is 2.88. The van der Waals surface area contributed by atoms with Crippen molar-refractivity contribution in [3.63, 3.8) is 0 Å². The van der Waals surface area contributed by atoms with Crippen LogP contribution in [0.3, 0.4) is 0 Å². The van der Waals surface area contributed by atoms with Gasteiger partial charge in [-0.3, -0.25) is 0 Å². The Balaban J connectivity index is 1.15. The first-order chi connectivity index (χ1) is 16.5. The van der Waals surface area contributed by atoms with Crippen molar-refractivity contribution >= 4 is 5.57 Å². The zero-order valence-corrected chi connectivity index (χ0v) is 21.3. The summed E-state index contributed by atoms with van der Waals surface area (Å²) in [6.07, 6.45) is 23.2. The molecule has 188 valence electrons. The van der Waals surface area contributed by atoms with Crippen molar-refractivity contribution in [1.29, 1.82) is 0 Å². The van der Waals surface area contributed by atoms with Crippen LogP contribution in [-0.2, 0) is 4.74 Å². The van der Waals surface area contributed by atoms with Gasteiger partial charge in [-0.1, -0.05) is 43.2 Å². The topological polar surface area (TPSA) is 9.23 Å². The number of benzene rings is 1. The molecule has 4 rings (SSSR count).